The Labute approximate surface area is 194 Å². The molecule has 1 aromatic heterocycles. The molecule has 4 aliphatic carbocycles. The zero-order valence-electron chi connectivity index (χ0n) is 19.7. The average Bonchev–Trinajstić information content (AvgIpc) is 3.44. The molecule has 6 atom stereocenters. The number of fused-ring (bicyclic) bond motifs is 2. The summed E-state index contributed by atoms with van der Waals surface area (Å²) in [5.74, 6) is 0.991. The number of benzene rings is 1. The second-order valence-corrected chi connectivity index (χ2v) is 11.5. The van der Waals surface area contributed by atoms with Crippen LogP contribution in [-0.4, -0.2) is 55.1 Å². The van der Waals surface area contributed by atoms with Crippen LogP contribution in [0, 0.1) is 10.8 Å². The number of piperidine rings is 1. The van der Waals surface area contributed by atoms with Gasteiger partial charge in [0.05, 0.1) is 25.7 Å². The van der Waals surface area contributed by atoms with Crippen LogP contribution in [0.15, 0.2) is 35.1 Å². The van der Waals surface area contributed by atoms with E-state index in [0.717, 1.165) is 50.0 Å². The number of rotatable bonds is 5. The second kappa shape index (κ2) is 6.35. The van der Waals surface area contributed by atoms with Crippen LogP contribution in [0.25, 0.3) is 0 Å². The summed E-state index contributed by atoms with van der Waals surface area (Å²) in [6.07, 6.45) is 8.51. The Balaban J connectivity index is 1.38. The molecule has 4 fully saturated rings. The molecule has 2 aliphatic heterocycles. The van der Waals surface area contributed by atoms with Crippen LogP contribution in [-0.2, 0) is 27.9 Å². The third-order valence-corrected chi connectivity index (χ3v) is 10.4. The molecule has 33 heavy (non-hydrogen) atoms. The standard InChI is InChI=1S/C27H33NO5/c1-24(16-32-14-17-6-11-31-13-17)15-25-7-8-27(24,30-3)23-26(25)9-10-28(2)20(25)12-18-4-5-19(29)22(33-23)21(18)26/h4-6,11,13,20,23,29H,7-10,12,14-16H2,1-3H3/t20-,23-,24-,25-,26+,27+/m1/s1. The summed E-state index contributed by atoms with van der Waals surface area (Å²) in [6.45, 7) is 4.53. The lowest BCUT2D eigenvalue weighted by Gasteiger charge is -2.76. The first-order valence-electron chi connectivity index (χ1n) is 12.3. The van der Waals surface area contributed by atoms with Crippen molar-refractivity contribution in [2.24, 2.45) is 10.8 Å². The first-order valence-corrected chi connectivity index (χ1v) is 12.3. The quantitative estimate of drug-likeness (QED) is 0.740. The van der Waals surface area contributed by atoms with Gasteiger partial charge >= 0.3 is 0 Å². The lowest BCUT2D eigenvalue weighted by Crippen LogP contribution is -2.83. The minimum absolute atomic E-state index is 0.0880. The minimum atomic E-state index is -0.467. The molecule has 1 N–H and O–H groups in total. The molecule has 8 rings (SSSR count). The molecule has 2 spiro atoms. The minimum Gasteiger partial charge on any atom is -0.504 e. The van der Waals surface area contributed by atoms with Crippen molar-refractivity contribution in [3.63, 3.8) is 0 Å². The number of ether oxygens (including phenoxy) is 3. The molecule has 6 aliphatic rings. The third kappa shape index (κ3) is 2.13. The Morgan fingerprint density at radius 3 is 2.88 bits per heavy atom. The third-order valence-electron chi connectivity index (χ3n) is 10.4. The van der Waals surface area contributed by atoms with Crippen molar-refractivity contribution >= 4 is 0 Å². The summed E-state index contributed by atoms with van der Waals surface area (Å²) < 4.78 is 25.0. The van der Waals surface area contributed by atoms with Crippen molar-refractivity contribution in [1.29, 1.82) is 0 Å². The summed E-state index contributed by atoms with van der Waals surface area (Å²) in [6, 6.07) is 6.38. The van der Waals surface area contributed by atoms with Gasteiger partial charge in [0.2, 0.25) is 0 Å². The van der Waals surface area contributed by atoms with E-state index in [1.807, 2.05) is 19.2 Å². The number of hydrogen-bond donors (Lipinski definition) is 1. The monoisotopic (exact) mass is 451 g/mol. The van der Waals surface area contributed by atoms with E-state index in [-0.39, 0.29) is 28.1 Å². The second-order valence-electron chi connectivity index (χ2n) is 11.5. The van der Waals surface area contributed by atoms with Crippen LogP contribution in [0.1, 0.15) is 49.3 Å². The fourth-order valence-electron chi connectivity index (χ4n) is 9.19. The molecule has 3 saturated carbocycles. The van der Waals surface area contributed by atoms with Gasteiger partial charge in [0.15, 0.2) is 11.5 Å². The molecular formula is C27H33NO5. The zero-order valence-corrected chi connectivity index (χ0v) is 19.7. The maximum absolute atomic E-state index is 10.9. The topological polar surface area (TPSA) is 64.3 Å². The lowest BCUT2D eigenvalue weighted by atomic mass is 9.32. The van der Waals surface area contributed by atoms with E-state index < -0.39 is 5.60 Å². The smallest absolute Gasteiger partial charge is 0.165 e. The van der Waals surface area contributed by atoms with Gasteiger partial charge in [-0.2, -0.15) is 0 Å². The number of furan rings is 1. The predicted octanol–water partition coefficient (Wildman–Crippen LogP) is 4.04. The lowest BCUT2D eigenvalue weighted by molar-refractivity contribution is -0.313. The van der Waals surface area contributed by atoms with Crippen molar-refractivity contribution in [1.82, 2.24) is 4.90 Å². The molecule has 2 aromatic rings. The Kier molecular flexibility index (Phi) is 3.92. The highest BCUT2D eigenvalue weighted by Crippen LogP contribution is 2.78. The van der Waals surface area contributed by atoms with Crippen LogP contribution in [0.3, 0.4) is 0 Å². The molecule has 1 aromatic carbocycles. The summed E-state index contributed by atoms with van der Waals surface area (Å²) in [7, 11) is 4.15. The molecule has 4 bridgehead atoms. The molecule has 0 unspecified atom stereocenters. The van der Waals surface area contributed by atoms with E-state index in [9.17, 15) is 5.11 Å². The maximum atomic E-state index is 10.9. The van der Waals surface area contributed by atoms with Crippen LogP contribution >= 0.6 is 0 Å². The molecule has 0 radical (unpaired) electrons. The first kappa shape index (κ1) is 20.4. The van der Waals surface area contributed by atoms with Crippen LogP contribution in [0.4, 0.5) is 0 Å². The van der Waals surface area contributed by atoms with Gasteiger partial charge in [0.1, 0.15) is 11.7 Å². The van der Waals surface area contributed by atoms with Gasteiger partial charge in [-0.05, 0) is 63.4 Å². The summed E-state index contributed by atoms with van der Waals surface area (Å²) in [4.78, 5) is 2.59. The van der Waals surface area contributed by atoms with Gasteiger partial charge in [-0.1, -0.05) is 13.0 Å². The zero-order chi connectivity index (χ0) is 22.6. The summed E-state index contributed by atoms with van der Waals surface area (Å²) in [5, 5.41) is 10.9. The van der Waals surface area contributed by atoms with Gasteiger partial charge < -0.3 is 28.6 Å². The highest BCUT2D eigenvalue weighted by atomic mass is 16.6. The fraction of sp³-hybridized carbons (Fsp3) is 0.630. The number of nitrogens with zero attached hydrogens (tertiary/aromatic N) is 1. The Hall–Kier alpha value is -2.02. The van der Waals surface area contributed by atoms with Gasteiger partial charge in [-0.15, -0.1) is 0 Å². The molecule has 176 valence electrons. The SMILES string of the molecule is CO[C@]12CC[C@@]3(C[C@]1(C)COCc1ccoc1)[C@H]1Cc4ccc(O)c5c4[C@@]3(CCN1C)[C@H]2O5. The van der Waals surface area contributed by atoms with E-state index in [1.165, 1.54) is 11.1 Å². The number of aromatic hydroxyl groups is 1. The van der Waals surface area contributed by atoms with Crippen molar-refractivity contribution in [3.05, 3.63) is 47.4 Å². The number of likely N-dealkylation sites (N-methyl/N-ethyl adjacent to an activating group) is 1. The van der Waals surface area contributed by atoms with Gasteiger partial charge in [0.25, 0.3) is 0 Å². The highest BCUT2D eigenvalue weighted by Gasteiger charge is 2.82. The molecular weight excluding hydrogens is 418 g/mol. The normalized spacial score (nSPS) is 42.3. The van der Waals surface area contributed by atoms with Crippen molar-refractivity contribution in [2.75, 3.05) is 27.3 Å². The largest absolute Gasteiger partial charge is 0.504 e. The predicted molar refractivity (Wildman–Crippen MR) is 121 cm³/mol. The number of phenols is 1. The molecule has 6 heteroatoms. The van der Waals surface area contributed by atoms with Gasteiger partial charge in [0, 0.05) is 40.5 Å². The number of phenolic OH excluding ortho intramolecular Hbond substituents is 1. The summed E-state index contributed by atoms with van der Waals surface area (Å²) >= 11 is 0. The van der Waals surface area contributed by atoms with Gasteiger partial charge in [-0.25, -0.2) is 0 Å². The molecule has 0 amide bonds. The molecule has 6 nitrogen and oxygen atoms in total. The van der Waals surface area contributed by atoms with E-state index in [0.29, 0.717) is 19.3 Å². The van der Waals surface area contributed by atoms with E-state index in [4.69, 9.17) is 18.6 Å². The fourth-order valence-corrected chi connectivity index (χ4v) is 9.19. The Bertz CT molecular complexity index is 1120. The van der Waals surface area contributed by atoms with Crippen molar-refractivity contribution in [3.8, 4) is 11.5 Å². The van der Waals surface area contributed by atoms with E-state index >= 15 is 0 Å². The molecule has 1 saturated heterocycles. The van der Waals surface area contributed by atoms with Crippen molar-refractivity contribution < 1.29 is 23.7 Å². The van der Waals surface area contributed by atoms with Crippen LogP contribution in [0.2, 0.25) is 0 Å². The number of methoxy groups -OCH3 is 1. The average molecular weight is 452 g/mol. The van der Waals surface area contributed by atoms with E-state index in [1.54, 1.807) is 12.5 Å². The number of hydrogen-bond acceptors (Lipinski definition) is 6. The number of likely N-dealkylation sites (tertiary alicyclic amines) is 1. The van der Waals surface area contributed by atoms with Crippen LogP contribution < -0.4 is 4.74 Å². The van der Waals surface area contributed by atoms with Crippen molar-refractivity contribution in [2.45, 2.75) is 68.8 Å². The Morgan fingerprint density at radius 1 is 1.21 bits per heavy atom. The van der Waals surface area contributed by atoms with E-state index in [2.05, 4.69) is 24.9 Å². The molecule has 3 heterocycles. The summed E-state index contributed by atoms with van der Waals surface area (Å²) in [5.41, 5.74) is 3.00. The maximum Gasteiger partial charge on any atom is 0.165 e. The Morgan fingerprint density at radius 2 is 2.09 bits per heavy atom. The van der Waals surface area contributed by atoms with Crippen LogP contribution in [0.5, 0.6) is 11.5 Å². The first-order chi connectivity index (χ1) is 15.9. The highest BCUT2D eigenvalue weighted by molar-refractivity contribution is 5.63. The van der Waals surface area contributed by atoms with Gasteiger partial charge in [-0.3, -0.25) is 0 Å².